The van der Waals surface area contributed by atoms with Crippen LogP contribution in [0.1, 0.15) is 52.5 Å². The van der Waals surface area contributed by atoms with Crippen LogP contribution in [0, 0.1) is 0 Å². The maximum atomic E-state index is 13.0. The Morgan fingerprint density at radius 3 is 2.07 bits per heavy atom. The predicted molar refractivity (Wildman–Crippen MR) is 114 cm³/mol. The number of hydrogen-bond acceptors (Lipinski definition) is 3. The highest BCUT2D eigenvalue weighted by atomic mass is 32.2. The van der Waals surface area contributed by atoms with E-state index in [1.165, 1.54) is 0 Å². The molecule has 0 aliphatic carbocycles. The van der Waals surface area contributed by atoms with Crippen LogP contribution < -0.4 is 9.62 Å². The van der Waals surface area contributed by atoms with Crippen LogP contribution in [0.5, 0.6) is 0 Å². The zero-order valence-corrected chi connectivity index (χ0v) is 17.7. The molecule has 2 rings (SSSR count). The van der Waals surface area contributed by atoms with Crippen LogP contribution in [0.25, 0.3) is 0 Å². The van der Waals surface area contributed by atoms with Crippen molar-refractivity contribution in [1.29, 1.82) is 0 Å². The van der Waals surface area contributed by atoms with E-state index in [-0.39, 0.29) is 5.54 Å². The molecule has 0 bridgehead atoms. The largest absolute Gasteiger partial charge is 0.367 e. The Morgan fingerprint density at radius 1 is 0.889 bits per heavy atom. The quantitative estimate of drug-likeness (QED) is 0.626. The van der Waals surface area contributed by atoms with Gasteiger partial charge >= 0.3 is 0 Å². The standard InChI is InChI=1S/C22H32N2O2S/c1-5-22(6-2,7-3)23-27(25,26)21-16-12-13-19(17-21)18-24(8-4)20-14-10-9-11-15-20/h9-17,23H,5-8,18H2,1-4H3. The highest BCUT2D eigenvalue weighted by Gasteiger charge is 2.30. The molecule has 27 heavy (non-hydrogen) atoms. The van der Waals surface area contributed by atoms with E-state index in [2.05, 4.69) is 28.7 Å². The average Bonchev–Trinajstić information content (AvgIpc) is 2.71. The summed E-state index contributed by atoms with van der Waals surface area (Å²) < 4.78 is 28.9. The van der Waals surface area contributed by atoms with E-state index in [4.69, 9.17) is 0 Å². The van der Waals surface area contributed by atoms with Gasteiger partial charge in [-0.2, -0.15) is 0 Å². The van der Waals surface area contributed by atoms with Gasteiger partial charge in [0.15, 0.2) is 0 Å². The topological polar surface area (TPSA) is 49.4 Å². The molecule has 0 fully saturated rings. The van der Waals surface area contributed by atoms with Gasteiger partial charge in [0.05, 0.1) is 4.90 Å². The molecule has 0 aromatic heterocycles. The number of anilines is 1. The molecule has 0 saturated carbocycles. The van der Waals surface area contributed by atoms with Crippen molar-refractivity contribution in [2.45, 2.75) is 63.9 Å². The van der Waals surface area contributed by atoms with E-state index in [1.54, 1.807) is 12.1 Å². The second-order valence-electron chi connectivity index (χ2n) is 6.94. The van der Waals surface area contributed by atoms with E-state index in [0.717, 1.165) is 37.1 Å². The zero-order valence-electron chi connectivity index (χ0n) is 16.9. The number of nitrogens with one attached hydrogen (secondary N) is 1. The first-order chi connectivity index (χ1) is 12.9. The fraction of sp³-hybridized carbons (Fsp3) is 0.455. The molecule has 4 nitrogen and oxygen atoms in total. The van der Waals surface area contributed by atoms with Gasteiger partial charge in [0.1, 0.15) is 0 Å². The Bertz CT molecular complexity index is 807. The number of sulfonamides is 1. The fourth-order valence-corrected chi connectivity index (χ4v) is 5.05. The van der Waals surface area contributed by atoms with Gasteiger partial charge in [-0.05, 0) is 56.0 Å². The van der Waals surface area contributed by atoms with Crippen molar-refractivity contribution in [2.24, 2.45) is 0 Å². The lowest BCUT2D eigenvalue weighted by Gasteiger charge is -2.31. The van der Waals surface area contributed by atoms with Gasteiger partial charge in [-0.3, -0.25) is 0 Å². The van der Waals surface area contributed by atoms with Gasteiger partial charge in [0, 0.05) is 24.3 Å². The van der Waals surface area contributed by atoms with Crippen LogP contribution in [0.4, 0.5) is 5.69 Å². The van der Waals surface area contributed by atoms with E-state index in [9.17, 15) is 8.42 Å². The van der Waals surface area contributed by atoms with Crippen molar-refractivity contribution in [3.8, 4) is 0 Å². The molecule has 5 heteroatoms. The van der Waals surface area contributed by atoms with Crippen LogP contribution in [0.3, 0.4) is 0 Å². The van der Waals surface area contributed by atoms with Crippen molar-refractivity contribution in [3.63, 3.8) is 0 Å². The molecule has 0 amide bonds. The molecule has 0 heterocycles. The summed E-state index contributed by atoms with van der Waals surface area (Å²) in [6.45, 7) is 9.72. The zero-order chi connectivity index (χ0) is 19.9. The Balaban J connectivity index is 2.26. The summed E-state index contributed by atoms with van der Waals surface area (Å²) in [4.78, 5) is 2.57. The maximum Gasteiger partial charge on any atom is 0.241 e. The molecule has 1 N–H and O–H groups in total. The number of para-hydroxylation sites is 1. The number of rotatable bonds is 10. The summed E-state index contributed by atoms with van der Waals surface area (Å²) in [6, 6.07) is 17.5. The van der Waals surface area contributed by atoms with Gasteiger partial charge in [0.25, 0.3) is 0 Å². The normalized spacial score (nSPS) is 12.1. The van der Waals surface area contributed by atoms with Crippen molar-refractivity contribution in [1.82, 2.24) is 4.72 Å². The molecule has 2 aromatic carbocycles. The van der Waals surface area contributed by atoms with Gasteiger partial charge < -0.3 is 4.90 Å². The summed E-state index contributed by atoms with van der Waals surface area (Å²) >= 11 is 0. The average molecular weight is 389 g/mol. The first-order valence-corrected chi connectivity index (χ1v) is 11.3. The first-order valence-electron chi connectivity index (χ1n) is 9.82. The molecule has 0 aliphatic heterocycles. The van der Waals surface area contributed by atoms with E-state index >= 15 is 0 Å². The first kappa shape index (κ1) is 21.5. The highest BCUT2D eigenvalue weighted by molar-refractivity contribution is 7.89. The summed E-state index contributed by atoms with van der Waals surface area (Å²) in [5, 5.41) is 0. The van der Waals surface area contributed by atoms with Crippen molar-refractivity contribution < 1.29 is 8.42 Å². The molecule has 0 spiro atoms. The van der Waals surface area contributed by atoms with Gasteiger partial charge in [-0.1, -0.05) is 51.1 Å². The van der Waals surface area contributed by atoms with Crippen LogP contribution in [0.2, 0.25) is 0 Å². The van der Waals surface area contributed by atoms with Crippen molar-refractivity contribution >= 4 is 15.7 Å². The van der Waals surface area contributed by atoms with Crippen LogP contribution in [-0.4, -0.2) is 20.5 Å². The summed E-state index contributed by atoms with van der Waals surface area (Å²) in [5.74, 6) is 0. The molecule has 0 saturated heterocycles. The Labute approximate surface area is 164 Å². The Kier molecular flexibility index (Phi) is 7.45. The van der Waals surface area contributed by atoms with E-state index < -0.39 is 10.0 Å². The molecule has 0 atom stereocenters. The van der Waals surface area contributed by atoms with Crippen LogP contribution in [0.15, 0.2) is 59.5 Å². The molecule has 2 aromatic rings. The third-order valence-corrected chi connectivity index (χ3v) is 7.04. The second kappa shape index (κ2) is 9.38. The minimum Gasteiger partial charge on any atom is -0.367 e. The second-order valence-corrected chi connectivity index (χ2v) is 8.63. The van der Waals surface area contributed by atoms with Gasteiger partial charge in [-0.15, -0.1) is 0 Å². The lowest BCUT2D eigenvalue weighted by atomic mass is 9.91. The Morgan fingerprint density at radius 2 is 1.52 bits per heavy atom. The number of hydrogen-bond donors (Lipinski definition) is 1. The maximum absolute atomic E-state index is 13.0. The smallest absolute Gasteiger partial charge is 0.241 e. The highest BCUT2D eigenvalue weighted by Crippen LogP contribution is 2.24. The molecular weight excluding hydrogens is 356 g/mol. The molecule has 0 aliphatic rings. The minimum atomic E-state index is -3.55. The number of benzene rings is 2. The molecule has 0 unspecified atom stereocenters. The molecular formula is C22H32N2O2S. The predicted octanol–water partition coefficient (Wildman–Crippen LogP) is 4.96. The lowest BCUT2D eigenvalue weighted by Crippen LogP contribution is -2.46. The molecule has 0 radical (unpaired) electrons. The summed E-state index contributed by atoms with van der Waals surface area (Å²) in [5.41, 5.74) is 1.74. The molecule has 148 valence electrons. The van der Waals surface area contributed by atoms with E-state index in [0.29, 0.717) is 11.4 Å². The van der Waals surface area contributed by atoms with Crippen molar-refractivity contribution in [3.05, 3.63) is 60.2 Å². The third kappa shape index (κ3) is 5.33. The van der Waals surface area contributed by atoms with Crippen molar-refractivity contribution in [2.75, 3.05) is 11.4 Å². The third-order valence-electron chi connectivity index (χ3n) is 5.47. The fourth-order valence-electron chi connectivity index (χ4n) is 3.37. The summed E-state index contributed by atoms with van der Waals surface area (Å²) in [7, 11) is -3.55. The summed E-state index contributed by atoms with van der Waals surface area (Å²) in [6.07, 6.45) is 2.32. The lowest BCUT2D eigenvalue weighted by molar-refractivity contribution is 0.341. The Hall–Kier alpha value is -1.85. The SMILES string of the molecule is CCN(Cc1cccc(S(=O)(=O)NC(CC)(CC)CC)c1)c1ccccc1. The van der Waals surface area contributed by atoms with Crippen LogP contribution >= 0.6 is 0 Å². The number of nitrogens with zero attached hydrogens (tertiary/aromatic N) is 1. The van der Waals surface area contributed by atoms with Gasteiger partial charge in [-0.25, -0.2) is 13.1 Å². The monoisotopic (exact) mass is 388 g/mol. The minimum absolute atomic E-state index is 0.337. The van der Waals surface area contributed by atoms with E-state index in [1.807, 2.05) is 51.1 Å². The van der Waals surface area contributed by atoms with Crippen LogP contribution in [-0.2, 0) is 16.6 Å². The van der Waals surface area contributed by atoms with Gasteiger partial charge in [0.2, 0.25) is 10.0 Å².